The second kappa shape index (κ2) is 14.9. The molecule has 13 nitrogen and oxygen atoms in total. The first-order chi connectivity index (χ1) is 25.4. The Bertz CT molecular complexity index is 1910. The number of morpholine rings is 1. The number of fused-ring (bicyclic) bond motifs is 3. The summed E-state index contributed by atoms with van der Waals surface area (Å²) in [5, 5.41) is 29.0. The monoisotopic (exact) mass is 706 g/mol. The van der Waals surface area contributed by atoms with Crippen LogP contribution in [0.3, 0.4) is 0 Å². The third-order valence-electron chi connectivity index (χ3n) is 11.1. The number of imide groups is 1. The number of phenols is 1. The van der Waals surface area contributed by atoms with E-state index in [0.29, 0.717) is 67.1 Å². The fraction of sp³-hybridized carbons (Fsp3) is 0.462. The molecule has 272 valence electrons. The van der Waals surface area contributed by atoms with Gasteiger partial charge >= 0.3 is 0 Å². The lowest BCUT2D eigenvalue weighted by Crippen LogP contribution is -2.54. The maximum absolute atomic E-state index is 12.3. The lowest BCUT2D eigenvalue weighted by Gasteiger charge is -2.40. The Morgan fingerprint density at radius 2 is 1.73 bits per heavy atom. The molecule has 5 N–H and O–H groups in total. The van der Waals surface area contributed by atoms with E-state index in [2.05, 4.69) is 43.0 Å². The number of aromatic hydroxyl groups is 1. The number of nitrogens with zero attached hydrogens (tertiary/aromatic N) is 5. The van der Waals surface area contributed by atoms with Crippen LogP contribution in [0.4, 0.5) is 11.5 Å². The number of nitrogen functional groups attached to an aromatic ring is 1. The summed E-state index contributed by atoms with van der Waals surface area (Å²) < 4.78 is 13.7. The summed E-state index contributed by atoms with van der Waals surface area (Å²) in [6, 6.07) is 16.0. The average Bonchev–Trinajstić information content (AvgIpc) is 3.66. The lowest BCUT2D eigenvalue weighted by atomic mass is 9.83. The number of piperidine rings is 2. The molecular weight excluding hydrogens is 660 g/mol. The number of amides is 2. The van der Waals surface area contributed by atoms with Gasteiger partial charge in [0.05, 0.1) is 43.4 Å². The molecular formula is C39H46N8O5. The first-order valence-electron chi connectivity index (χ1n) is 18.6. The van der Waals surface area contributed by atoms with Crippen LogP contribution in [-0.2, 0) is 14.3 Å². The number of nitrogens with two attached hydrogens (primary N) is 1. The Morgan fingerprint density at radius 3 is 2.52 bits per heavy atom. The molecule has 3 saturated heterocycles. The van der Waals surface area contributed by atoms with Gasteiger partial charge in [0, 0.05) is 41.4 Å². The number of carbonyl (C=O) groups is 2. The van der Waals surface area contributed by atoms with Gasteiger partial charge in [-0.25, -0.2) is 0 Å². The molecule has 2 amide bonds. The average molecular weight is 707 g/mol. The van der Waals surface area contributed by atoms with Crippen molar-refractivity contribution in [3.05, 3.63) is 66.5 Å². The Labute approximate surface area is 302 Å². The van der Waals surface area contributed by atoms with E-state index < -0.39 is 0 Å². The summed E-state index contributed by atoms with van der Waals surface area (Å²) >= 11 is 0. The zero-order valence-electron chi connectivity index (χ0n) is 29.2. The molecule has 1 saturated carbocycles. The topological polar surface area (TPSA) is 170 Å². The number of benzene rings is 2. The maximum atomic E-state index is 12.3. The first-order valence-corrected chi connectivity index (χ1v) is 18.6. The second-order valence-corrected chi connectivity index (χ2v) is 14.5. The molecule has 0 radical (unpaired) electrons. The van der Waals surface area contributed by atoms with Crippen LogP contribution < -0.4 is 26.0 Å². The first kappa shape index (κ1) is 34.1. The van der Waals surface area contributed by atoms with Crippen molar-refractivity contribution in [3.63, 3.8) is 0 Å². The fourth-order valence-corrected chi connectivity index (χ4v) is 8.48. The van der Waals surface area contributed by atoms with Crippen molar-refractivity contribution in [3.8, 4) is 33.9 Å². The molecule has 5 aliphatic rings. The van der Waals surface area contributed by atoms with E-state index in [4.69, 9.17) is 15.2 Å². The molecule has 2 aromatic heterocycles. The number of ether oxygens (including phenoxy) is 2. The van der Waals surface area contributed by atoms with E-state index in [1.54, 1.807) is 18.2 Å². The van der Waals surface area contributed by atoms with Gasteiger partial charge < -0.3 is 30.5 Å². The Hall–Kier alpha value is -5.01. The number of hydrogen-bond acceptors (Lipinski definition) is 11. The SMILES string of the molecule is Nc1nnc(-c2ccccc2O)cc1-c1cnn(C2CC3COCC(C2)N3)c1.O=C1CCC(N2CCOc3c(C4CCCCC4)cccc32)C(=O)N1. The van der Waals surface area contributed by atoms with Crippen LogP contribution in [0.5, 0.6) is 11.5 Å². The molecule has 4 aromatic rings. The van der Waals surface area contributed by atoms with Crippen LogP contribution >= 0.6 is 0 Å². The smallest absolute Gasteiger partial charge is 0.249 e. The summed E-state index contributed by atoms with van der Waals surface area (Å²) in [4.78, 5) is 25.9. The number of hydrogen-bond donors (Lipinski definition) is 4. The summed E-state index contributed by atoms with van der Waals surface area (Å²) in [6.45, 7) is 2.79. The second-order valence-electron chi connectivity index (χ2n) is 14.5. The summed E-state index contributed by atoms with van der Waals surface area (Å²) in [5.74, 6) is 1.68. The minimum atomic E-state index is -0.271. The third kappa shape index (κ3) is 7.07. The molecule has 2 bridgehead atoms. The molecule has 0 spiro atoms. The zero-order valence-corrected chi connectivity index (χ0v) is 29.2. The van der Waals surface area contributed by atoms with Gasteiger partial charge in [-0.2, -0.15) is 5.10 Å². The number of aromatic nitrogens is 4. The van der Waals surface area contributed by atoms with Crippen molar-refractivity contribution < 1.29 is 24.2 Å². The molecule has 3 unspecified atom stereocenters. The van der Waals surface area contributed by atoms with E-state index in [9.17, 15) is 14.7 Å². The van der Waals surface area contributed by atoms with Gasteiger partial charge in [0.15, 0.2) is 5.82 Å². The number of rotatable bonds is 5. The van der Waals surface area contributed by atoms with Crippen molar-refractivity contribution in [2.45, 2.75) is 87.9 Å². The molecule has 52 heavy (non-hydrogen) atoms. The van der Waals surface area contributed by atoms with Gasteiger partial charge in [0.2, 0.25) is 11.8 Å². The third-order valence-corrected chi connectivity index (χ3v) is 11.1. The quantitative estimate of drug-likeness (QED) is 0.212. The van der Waals surface area contributed by atoms with E-state index in [-0.39, 0.29) is 23.6 Å². The number of carbonyl (C=O) groups excluding carboxylic acids is 2. The van der Waals surface area contributed by atoms with E-state index in [0.717, 1.165) is 48.6 Å². The van der Waals surface area contributed by atoms with Crippen LogP contribution in [0.2, 0.25) is 0 Å². The van der Waals surface area contributed by atoms with Crippen LogP contribution in [0.15, 0.2) is 60.9 Å². The Balaban J connectivity index is 0.000000151. The number of phenolic OH excluding ortho intramolecular Hbond substituents is 1. The number of para-hydroxylation sites is 2. The zero-order chi connectivity index (χ0) is 35.6. The predicted molar refractivity (Wildman–Crippen MR) is 196 cm³/mol. The van der Waals surface area contributed by atoms with E-state index >= 15 is 0 Å². The van der Waals surface area contributed by atoms with E-state index in [1.165, 1.54) is 37.7 Å². The maximum Gasteiger partial charge on any atom is 0.249 e. The Morgan fingerprint density at radius 1 is 0.923 bits per heavy atom. The summed E-state index contributed by atoms with van der Waals surface area (Å²) in [7, 11) is 0. The highest BCUT2D eigenvalue weighted by Gasteiger charge is 2.36. The molecule has 6 heterocycles. The molecule has 3 atom stereocenters. The van der Waals surface area contributed by atoms with Crippen LogP contribution in [-0.4, -0.2) is 81.4 Å². The minimum Gasteiger partial charge on any atom is -0.507 e. The normalized spacial score (nSPS) is 24.6. The van der Waals surface area contributed by atoms with Crippen molar-refractivity contribution in [2.24, 2.45) is 0 Å². The van der Waals surface area contributed by atoms with Crippen molar-refractivity contribution in [1.82, 2.24) is 30.6 Å². The molecule has 4 aliphatic heterocycles. The van der Waals surface area contributed by atoms with Crippen LogP contribution in [0, 0.1) is 0 Å². The molecule has 1 aliphatic carbocycles. The van der Waals surface area contributed by atoms with Crippen LogP contribution in [0.25, 0.3) is 22.4 Å². The summed E-state index contributed by atoms with van der Waals surface area (Å²) in [5.41, 5.74) is 11.3. The molecule has 13 heteroatoms. The van der Waals surface area contributed by atoms with Gasteiger partial charge in [-0.15, -0.1) is 10.2 Å². The van der Waals surface area contributed by atoms with E-state index in [1.807, 2.05) is 35.3 Å². The molecule has 9 rings (SSSR count). The predicted octanol–water partition coefficient (Wildman–Crippen LogP) is 4.73. The van der Waals surface area contributed by atoms with Gasteiger partial charge in [-0.3, -0.25) is 19.6 Å². The fourth-order valence-electron chi connectivity index (χ4n) is 8.48. The largest absolute Gasteiger partial charge is 0.507 e. The molecule has 2 aromatic carbocycles. The minimum absolute atomic E-state index is 0.159. The number of anilines is 2. The highest BCUT2D eigenvalue weighted by Crippen LogP contribution is 2.44. The van der Waals surface area contributed by atoms with Crippen molar-refractivity contribution in [1.29, 1.82) is 0 Å². The molecule has 4 fully saturated rings. The van der Waals surface area contributed by atoms with Gasteiger partial charge in [0.1, 0.15) is 24.1 Å². The Kier molecular flexibility index (Phi) is 9.78. The van der Waals surface area contributed by atoms with Gasteiger partial charge in [-0.05, 0) is 67.9 Å². The number of nitrogens with one attached hydrogen (secondary N) is 2. The van der Waals surface area contributed by atoms with Gasteiger partial charge in [-0.1, -0.05) is 43.5 Å². The highest BCUT2D eigenvalue weighted by atomic mass is 16.5. The summed E-state index contributed by atoms with van der Waals surface area (Å²) in [6.07, 6.45) is 13.1. The standard InChI is InChI=1S/C20H22N6O2.C19H24N2O3/c21-20-17(7-18(24-25-20)16-3-1-2-4-19(16)27)12-8-22-26(9-12)15-5-13-10-28-11-14(6-15)23-13;22-17-10-9-16(19(23)20-17)21-11-12-24-18-14(7-4-8-15(18)21)13-5-2-1-3-6-13/h1-4,7-9,13-15,23,27H,5-6,10-11H2,(H2,21,25);4,7-8,13,16H,1-3,5-6,9-12H2,(H,20,22,23). The highest BCUT2D eigenvalue weighted by molar-refractivity contribution is 6.02. The van der Waals surface area contributed by atoms with Crippen molar-refractivity contribution >= 4 is 23.3 Å². The van der Waals surface area contributed by atoms with Gasteiger partial charge in [0.25, 0.3) is 0 Å². The lowest BCUT2D eigenvalue weighted by molar-refractivity contribution is -0.134. The van der Waals surface area contributed by atoms with Crippen LogP contribution in [0.1, 0.15) is 75.3 Å². The van der Waals surface area contributed by atoms with Crippen molar-refractivity contribution in [2.75, 3.05) is 37.0 Å².